The van der Waals surface area contributed by atoms with Gasteiger partial charge in [0.15, 0.2) is 17.1 Å². The SMILES string of the molecule is CCn1c(SCC(=O)Nc2c(C)n(C)n(-c3ccccc3)c2=O)nnc1C(C)Oc1cc(Cl)ccc1Cl. The van der Waals surface area contributed by atoms with Crippen LogP contribution in [-0.2, 0) is 18.4 Å². The minimum atomic E-state index is -0.463. The van der Waals surface area contributed by atoms with Gasteiger partial charge in [-0.25, -0.2) is 4.68 Å². The normalized spacial score (nSPS) is 11.9. The van der Waals surface area contributed by atoms with Crippen LogP contribution in [0, 0.1) is 6.92 Å². The van der Waals surface area contributed by atoms with E-state index in [1.807, 2.05) is 48.7 Å². The van der Waals surface area contributed by atoms with Crippen LogP contribution >= 0.6 is 35.0 Å². The number of halogens is 2. The summed E-state index contributed by atoms with van der Waals surface area (Å²) in [6, 6.07) is 14.3. The summed E-state index contributed by atoms with van der Waals surface area (Å²) in [4.78, 5) is 25.9. The van der Waals surface area contributed by atoms with Gasteiger partial charge in [0.2, 0.25) is 5.91 Å². The second kappa shape index (κ2) is 11.5. The molecule has 2 aromatic carbocycles. The first kappa shape index (κ1) is 26.8. The number of carbonyl (C=O) groups is 1. The first-order valence-corrected chi connectivity index (χ1v) is 13.3. The number of nitrogens with one attached hydrogen (secondary N) is 1. The van der Waals surface area contributed by atoms with E-state index in [1.54, 1.807) is 36.9 Å². The highest BCUT2D eigenvalue weighted by atomic mass is 35.5. The van der Waals surface area contributed by atoms with Crippen LogP contribution in [0.4, 0.5) is 5.69 Å². The van der Waals surface area contributed by atoms with Gasteiger partial charge in [-0.3, -0.25) is 14.3 Å². The van der Waals surface area contributed by atoms with E-state index in [0.717, 1.165) is 0 Å². The molecule has 12 heteroatoms. The fourth-order valence-electron chi connectivity index (χ4n) is 3.83. The number of hydrogen-bond donors (Lipinski definition) is 1. The summed E-state index contributed by atoms with van der Waals surface area (Å²) in [5.74, 6) is 0.761. The molecule has 1 N–H and O–H groups in total. The van der Waals surface area contributed by atoms with Crippen molar-refractivity contribution in [1.82, 2.24) is 24.1 Å². The van der Waals surface area contributed by atoms with Crippen molar-refractivity contribution < 1.29 is 9.53 Å². The molecule has 0 saturated heterocycles. The summed E-state index contributed by atoms with van der Waals surface area (Å²) in [6.45, 7) is 6.15. The van der Waals surface area contributed by atoms with Crippen molar-refractivity contribution >= 4 is 46.6 Å². The van der Waals surface area contributed by atoms with E-state index in [1.165, 1.54) is 16.4 Å². The van der Waals surface area contributed by atoms with Crippen LogP contribution in [0.3, 0.4) is 0 Å². The van der Waals surface area contributed by atoms with Gasteiger partial charge in [0, 0.05) is 24.7 Å². The van der Waals surface area contributed by atoms with E-state index >= 15 is 0 Å². The smallest absolute Gasteiger partial charge is 0.295 e. The number of para-hydroxylation sites is 1. The number of amides is 1. The van der Waals surface area contributed by atoms with Crippen molar-refractivity contribution in [2.75, 3.05) is 11.1 Å². The number of thioether (sulfide) groups is 1. The number of hydrogen-bond acceptors (Lipinski definition) is 6. The van der Waals surface area contributed by atoms with Gasteiger partial charge in [0.05, 0.1) is 22.2 Å². The predicted octanol–water partition coefficient (Wildman–Crippen LogP) is 5.27. The van der Waals surface area contributed by atoms with Crippen molar-refractivity contribution in [1.29, 1.82) is 0 Å². The number of benzene rings is 2. The summed E-state index contributed by atoms with van der Waals surface area (Å²) in [6.07, 6.45) is -0.463. The highest BCUT2D eigenvalue weighted by Gasteiger charge is 2.22. The van der Waals surface area contributed by atoms with Gasteiger partial charge in [-0.05, 0) is 45.0 Å². The molecule has 0 fully saturated rings. The Bertz CT molecular complexity index is 1480. The van der Waals surface area contributed by atoms with E-state index in [9.17, 15) is 9.59 Å². The van der Waals surface area contributed by atoms with Gasteiger partial charge >= 0.3 is 0 Å². The molecule has 2 heterocycles. The van der Waals surface area contributed by atoms with Gasteiger partial charge in [-0.1, -0.05) is 53.2 Å². The Morgan fingerprint density at radius 2 is 1.89 bits per heavy atom. The molecule has 1 amide bonds. The molecule has 1 atom stereocenters. The van der Waals surface area contributed by atoms with Crippen LogP contribution in [-0.4, -0.2) is 35.8 Å². The number of ether oxygens (including phenoxy) is 1. The molecule has 0 bridgehead atoms. The first-order chi connectivity index (χ1) is 17.7. The summed E-state index contributed by atoms with van der Waals surface area (Å²) >= 11 is 13.5. The lowest BCUT2D eigenvalue weighted by atomic mass is 10.3. The Labute approximate surface area is 228 Å². The fourth-order valence-corrected chi connectivity index (χ4v) is 4.97. The van der Waals surface area contributed by atoms with Gasteiger partial charge in [-0.15, -0.1) is 10.2 Å². The Kier molecular flexibility index (Phi) is 8.31. The van der Waals surface area contributed by atoms with Crippen molar-refractivity contribution in [2.24, 2.45) is 7.05 Å². The zero-order valence-corrected chi connectivity index (χ0v) is 23.1. The third kappa shape index (κ3) is 5.71. The van der Waals surface area contributed by atoms with Gasteiger partial charge in [0.25, 0.3) is 5.56 Å². The maximum absolute atomic E-state index is 13.1. The standard InChI is InChI=1S/C25H26Cl2N6O3S/c1-5-32-23(16(3)36-20-13-17(26)11-12-19(20)27)29-30-25(32)37-14-21(34)28-22-15(2)31(4)33(24(22)35)18-9-7-6-8-10-18/h6-13,16H,5,14H2,1-4H3,(H,28,34). The van der Waals surface area contributed by atoms with Crippen LogP contribution in [0.2, 0.25) is 10.0 Å². The molecule has 0 aliphatic rings. The van der Waals surface area contributed by atoms with Crippen molar-refractivity contribution in [3.8, 4) is 11.4 Å². The number of anilines is 1. The molecule has 1 unspecified atom stereocenters. The fraction of sp³-hybridized carbons (Fsp3) is 0.280. The summed E-state index contributed by atoms with van der Waals surface area (Å²) in [5, 5.41) is 12.8. The van der Waals surface area contributed by atoms with Crippen LogP contribution in [0.5, 0.6) is 5.75 Å². The van der Waals surface area contributed by atoms with E-state index in [4.69, 9.17) is 27.9 Å². The molecule has 0 aliphatic carbocycles. The Morgan fingerprint density at radius 3 is 2.59 bits per heavy atom. The monoisotopic (exact) mass is 560 g/mol. The molecule has 4 rings (SSSR count). The molecule has 0 radical (unpaired) electrons. The van der Waals surface area contributed by atoms with Crippen LogP contribution in [0.15, 0.2) is 58.5 Å². The number of aromatic nitrogens is 5. The predicted molar refractivity (Wildman–Crippen MR) is 146 cm³/mol. The van der Waals surface area contributed by atoms with E-state index in [0.29, 0.717) is 44.7 Å². The largest absolute Gasteiger partial charge is 0.481 e. The molecular weight excluding hydrogens is 535 g/mol. The topological polar surface area (TPSA) is 96.0 Å². The maximum Gasteiger partial charge on any atom is 0.295 e. The molecule has 194 valence electrons. The molecule has 0 aliphatic heterocycles. The third-order valence-corrected chi connectivity index (χ3v) is 7.29. The lowest BCUT2D eigenvalue weighted by molar-refractivity contribution is -0.113. The van der Waals surface area contributed by atoms with Gasteiger partial charge in [-0.2, -0.15) is 0 Å². The Morgan fingerprint density at radius 1 is 1.16 bits per heavy atom. The van der Waals surface area contributed by atoms with E-state index in [2.05, 4.69) is 15.5 Å². The molecular formula is C25H26Cl2N6O3S. The minimum Gasteiger partial charge on any atom is -0.481 e. The van der Waals surface area contributed by atoms with Crippen LogP contribution in [0.25, 0.3) is 5.69 Å². The molecule has 37 heavy (non-hydrogen) atoms. The molecule has 0 saturated carbocycles. The average molecular weight is 561 g/mol. The molecule has 2 aromatic heterocycles. The van der Waals surface area contributed by atoms with Crippen LogP contribution < -0.4 is 15.6 Å². The average Bonchev–Trinajstić information content (AvgIpc) is 3.39. The van der Waals surface area contributed by atoms with Crippen molar-refractivity contribution in [3.05, 3.63) is 80.4 Å². The summed E-state index contributed by atoms with van der Waals surface area (Å²) < 4.78 is 11.1. The minimum absolute atomic E-state index is 0.0482. The highest BCUT2D eigenvalue weighted by molar-refractivity contribution is 7.99. The molecule has 4 aromatic rings. The third-order valence-electron chi connectivity index (χ3n) is 5.77. The van der Waals surface area contributed by atoms with Gasteiger partial charge < -0.3 is 14.6 Å². The number of rotatable bonds is 9. The van der Waals surface area contributed by atoms with Gasteiger partial charge in [0.1, 0.15) is 11.4 Å². The summed E-state index contributed by atoms with van der Waals surface area (Å²) in [7, 11) is 1.78. The van der Waals surface area contributed by atoms with Crippen molar-refractivity contribution in [3.63, 3.8) is 0 Å². The highest BCUT2D eigenvalue weighted by Crippen LogP contribution is 2.32. The Balaban J connectivity index is 1.46. The second-order valence-electron chi connectivity index (χ2n) is 8.19. The zero-order valence-electron chi connectivity index (χ0n) is 20.7. The van der Waals surface area contributed by atoms with E-state index < -0.39 is 6.10 Å². The second-order valence-corrected chi connectivity index (χ2v) is 9.98. The van der Waals surface area contributed by atoms with E-state index in [-0.39, 0.29) is 22.9 Å². The first-order valence-electron chi connectivity index (χ1n) is 11.5. The maximum atomic E-state index is 13.1. The molecule has 0 spiro atoms. The molecule has 9 nitrogen and oxygen atoms in total. The lowest BCUT2D eigenvalue weighted by Gasteiger charge is -2.16. The quantitative estimate of drug-likeness (QED) is 0.280. The number of nitrogens with zero attached hydrogens (tertiary/aromatic N) is 5. The van der Waals surface area contributed by atoms with Crippen molar-refractivity contribution in [2.45, 2.75) is 38.6 Å². The number of carbonyl (C=O) groups excluding carboxylic acids is 1. The van der Waals surface area contributed by atoms with Crippen LogP contribution in [0.1, 0.15) is 31.5 Å². The summed E-state index contributed by atoms with van der Waals surface area (Å²) in [5.41, 5.74) is 1.31. The lowest BCUT2D eigenvalue weighted by Crippen LogP contribution is -2.23. The Hall–Kier alpha value is -3.21. The zero-order chi connectivity index (χ0) is 26.7.